The molecular weight excluding hydrogens is 342 g/mol. The summed E-state index contributed by atoms with van der Waals surface area (Å²) in [6.07, 6.45) is 2.21. The standard InChI is InChI=1S/C18H20ClN3O3/c1-12(25-15-6-3-5-14(19)11-15)18(24)20-8-9-22-17(23)10-13-4-2-7-16(13)21-22/h3,5-6,10-12H,2,4,7-9H2,1H3,(H,20,24). The molecular formula is C18H20ClN3O3. The van der Waals surface area contributed by atoms with Crippen LogP contribution in [0.4, 0.5) is 0 Å². The molecule has 1 aliphatic rings. The Morgan fingerprint density at radius 2 is 2.24 bits per heavy atom. The highest BCUT2D eigenvalue weighted by Gasteiger charge is 2.16. The third kappa shape index (κ3) is 4.39. The van der Waals surface area contributed by atoms with E-state index >= 15 is 0 Å². The number of carbonyl (C=O) groups excluding carboxylic acids is 1. The molecule has 1 aliphatic carbocycles. The van der Waals surface area contributed by atoms with Gasteiger partial charge in [0.25, 0.3) is 11.5 Å². The number of rotatable bonds is 6. The largest absolute Gasteiger partial charge is 0.481 e. The molecule has 0 fully saturated rings. The minimum atomic E-state index is -0.664. The summed E-state index contributed by atoms with van der Waals surface area (Å²) in [5.74, 6) is 0.279. The van der Waals surface area contributed by atoms with Gasteiger partial charge in [-0.3, -0.25) is 9.59 Å². The van der Waals surface area contributed by atoms with Gasteiger partial charge in [0.15, 0.2) is 6.10 Å². The second-order valence-electron chi connectivity index (χ2n) is 6.04. The number of ether oxygens (including phenoxy) is 1. The van der Waals surface area contributed by atoms with Crippen LogP contribution in [0.15, 0.2) is 35.1 Å². The fraction of sp³-hybridized carbons (Fsp3) is 0.389. The van der Waals surface area contributed by atoms with Gasteiger partial charge in [0.1, 0.15) is 5.75 Å². The van der Waals surface area contributed by atoms with Crippen molar-refractivity contribution in [2.75, 3.05) is 6.54 Å². The zero-order chi connectivity index (χ0) is 17.8. The Bertz CT molecular complexity index is 835. The molecule has 0 radical (unpaired) electrons. The van der Waals surface area contributed by atoms with Gasteiger partial charge < -0.3 is 10.1 Å². The molecule has 1 unspecified atom stereocenters. The number of halogens is 1. The second kappa shape index (κ2) is 7.70. The summed E-state index contributed by atoms with van der Waals surface area (Å²) in [6.45, 7) is 2.31. The van der Waals surface area contributed by atoms with E-state index in [1.165, 1.54) is 4.68 Å². The first-order chi connectivity index (χ1) is 12.0. The van der Waals surface area contributed by atoms with Crippen molar-refractivity contribution >= 4 is 17.5 Å². The predicted molar refractivity (Wildman–Crippen MR) is 95.1 cm³/mol. The van der Waals surface area contributed by atoms with E-state index in [1.54, 1.807) is 37.3 Å². The van der Waals surface area contributed by atoms with E-state index < -0.39 is 6.10 Å². The molecule has 6 nitrogen and oxygen atoms in total. The normalized spacial score (nSPS) is 14.0. The summed E-state index contributed by atoms with van der Waals surface area (Å²) >= 11 is 5.89. The first kappa shape index (κ1) is 17.5. The van der Waals surface area contributed by atoms with Crippen LogP contribution in [0.5, 0.6) is 5.75 Å². The Hall–Kier alpha value is -2.34. The molecule has 2 aromatic rings. The molecule has 0 bridgehead atoms. The minimum absolute atomic E-state index is 0.127. The van der Waals surface area contributed by atoms with Crippen LogP contribution < -0.4 is 15.6 Å². The van der Waals surface area contributed by atoms with E-state index in [1.807, 2.05) is 0 Å². The van der Waals surface area contributed by atoms with Crippen LogP contribution in [0.2, 0.25) is 5.02 Å². The molecule has 3 rings (SSSR count). The van der Waals surface area contributed by atoms with Gasteiger partial charge in [-0.25, -0.2) is 4.68 Å². The quantitative estimate of drug-likeness (QED) is 0.853. The number of hydrogen-bond acceptors (Lipinski definition) is 4. The number of nitrogens with zero attached hydrogens (tertiary/aromatic N) is 2. The van der Waals surface area contributed by atoms with Crippen LogP contribution in [-0.4, -0.2) is 28.3 Å². The van der Waals surface area contributed by atoms with Crippen LogP contribution in [0.25, 0.3) is 0 Å². The number of benzene rings is 1. The molecule has 7 heteroatoms. The molecule has 1 N–H and O–H groups in total. The minimum Gasteiger partial charge on any atom is -0.481 e. The Kier molecular flexibility index (Phi) is 5.38. The van der Waals surface area contributed by atoms with Gasteiger partial charge in [-0.05, 0) is 49.9 Å². The van der Waals surface area contributed by atoms with Crippen molar-refractivity contribution in [1.29, 1.82) is 0 Å². The smallest absolute Gasteiger partial charge is 0.267 e. The molecule has 0 spiro atoms. The van der Waals surface area contributed by atoms with Gasteiger partial charge in [0.2, 0.25) is 0 Å². The summed E-state index contributed by atoms with van der Waals surface area (Å²) in [5, 5.41) is 7.69. The summed E-state index contributed by atoms with van der Waals surface area (Å²) in [5.41, 5.74) is 1.91. The Morgan fingerprint density at radius 3 is 3.04 bits per heavy atom. The molecule has 0 saturated carbocycles. The third-order valence-electron chi connectivity index (χ3n) is 4.12. The topological polar surface area (TPSA) is 73.2 Å². The summed E-state index contributed by atoms with van der Waals surface area (Å²) in [7, 11) is 0. The number of aromatic nitrogens is 2. The Labute approximate surface area is 150 Å². The zero-order valence-corrected chi connectivity index (χ0v) is 14.8. The van der Waals surface area contributed by atoms with Crippen molar-refractivity contribution < 1.29 is 9.53 Å². The fourth-order valence-corrected chi connectivity index (χ4v) is 3.01. The van der Waals surface area contributed by atoms with Crippen molar-refractivity contribution in [3.8, 4) is 5.75 Å². The van der Waals surface area contributed by atoms with E-state index in [-0.39, 0.29) is 11.5 Å². The van der Waals surface area contributed by atoms with Gasteiger partial charge in [0, 0.05) is 17.6 Å². The van der Waals surface area contributed by atoms with E-state index in [0.717, 1.165) is 30.5 Å². The van der Waals surface area contributed by atoms with Crippen molar-refractivity contribution in [2.45, 2.75) is 38.8 Å². The van der Waals surface area contributed by atoms with Crippen molar-refractivity contribution in [3.05, 3.63) is 57.0 Å². The van der Waals surface area contributed by atoms with E-state index in [0.29, 0.717) is 23.9 Å². The highest BCUT2D eigenvalue weighted by Crippen LogP contribution is 2.18. The molecule has 1 heterocycles. The maximum atomic E-state index is 12.1. The van der Waals surface area contributed by atoms with Crippen LogP contribution in [0.3, 0.4) is 0 Å². The lowest BCUT2D eigenvalue weighted by atomic mass is 10.2. The van der Waals surface area contributed by atoms with Crippen molar-refractivity contribution in [3.63, 3.8) is 0 Å². The number of carbonyl (C=O) groups is 1. The van der Waals surface area contributed by atoms with Crippen LogP contribution >= 0.6 is 11.6 Å². The Balaban J connectivity index is 1.51. The predicted octanol–water partition coefficient (Wildman–Crippen LogP) is 1.97. The van der Waals surface area contributed by atoms with E-state index in [2.05, 4.69) is 10.4 Å². The van der Waals surface area contributed by atoms with Crippen molar-refractivity contribution in [1.82, 2.24) is 15.1 Å². The lowest BCUT2D eigenvalue weighted by Crippen LogP contribution is -2.39. The summed E-state index contributed by atoms with van der Waals surface area (Å²) < 4.78 is 6.97. The number of hydrogen-bond donors (Lipinski definition) is 1. The Morgan fingerprint density at radius 1 is 1.40 bits per heavy atom. The number of aryl methyl sites for hydroxylation is 2. The monoisotopic (exact) mass is 361 g/mol. The van der Waals surface area contributed by atoms with Gasteiger partial charge in [-0.15, -0.1) is 0 Å². The van der Waals surface area contributed by atoms with Crippen LogP contribution in [0, 0.1) is 0 Å². The highest BCUT2D eigenvalue weighted by molar-refractivity contribution is 6.30. The highest BCUT2D eigenvalue weighted by atomic mass is 35.5. The number of nitrogens with one attached hydrogen (secondary N) is 1. The van der Waals surface area contributed by atoms with Crippen LogP contribution in [0.1, 0.15) is 24.6 Å². The van der Waals surface area contributed by atoms with Gasteiger partial charge in [-0.2, -0.15) is 5.10 Å². The summed E-state index contributed by atoms with van der Waals surface area (Å²) in [4.78, 5) is 24.1. The SMILES string of the molecule is CC(Oc1cccc(Cl)c1)C(=O)NCCn1nc2c(cc1=O)CCC2. The summed E-state index contributed by atoms with van der Waals surface area (Å²) in [6, 6.07) is 8.54. The average Bonchev–Trinajstić information content (AvgIpc) is 3.02. The fourth-order valence-electron chi connectivity index (χ4n) is 2.83. The molecule has 0 aliphatic heterocycles. The lowest BCUT2D eigenvalue weighted by Gasteiger charge is -2.15. The maximum Gasteiger partial charge on any atom is 0.267 e. The third-order valence-corrected chi connectivity index (χ3v) is 4.36. The van der Waals surface area contributed by atoms with E-state index in [4.69, 9.17) is 16.3 Å². The lowest BCUT2D eigenvalue weighted by molar-refractivity contribution is -0.127. The first-order valence-electron chi connectivity index (χ1n) is 8.33. The molecule has 1 aromatic heterocycles. The average molecular weight is 362 g/mol. The van der Waals surface area contributed by atoms with Gasteiger partial charge in [0.05, 0.1) is 12.2 Å². The molecule has 25 heavy (non-hydrogen) atoms. The maximum absolute atomic E-state index is 12.1. The second-order valence-corrected chi connectivity index (χ2v) is 6.48. The number of fused-ring (bicyclic) bond motifs is 1. The molecule has 1 amide bonds. The molecule has 0 saturated heterocycles. The molecule has 1 aromatic carbocycles. The van der Waals surface area contributed by atoms with E-state index in [9.17, 15) is 9.59 Å². The molecule has 132 valence electrons. The van der Waals surface area contributed by atoms with Crippen molar-refractivity contribution in [2.24, 2.45) is 0 Å². The van der Waals surface area contributed by atoms with Crippen LogP contribution in [-0.2, 0) is 24.2 Å². The van der Waals surface area contributed by atoms with Gasteiger partial charge in [-0.1, -0.05) is 17.7 Å². The van der Waals surface area contributed by atoms with Gasteiger partial charge >= 0.3 is 0 Å². The number of amides is 1. The molecule has 1 atom stereocenters. The first-order valence-corrected chi connectivity index (χ1v) is 8.70. The zero-order valence-electron chi connectivity index (χ0n) is 14.0.